The number of hydrogen-bond donors (Lipinski definition) is 1. The zero-order chi connectivity index (χ0) is 11.5. The predicted octanol–water partition coefficient (Wildman–Crippen LogP) is 1.39. The summed E-state index contributed by atoms with van der Waals surface area (Å²) in [4.78, 5) is 15.1. The summed E-state index contributed by atoms with van der Waals surface area (Å²) >= 11 is 5.63. The fourth-order valence-electron chi connectivity index (χ4n) is 1.49. The number of ether oxygens (including phenoxy) is 1. The Bertz CT molecular complexity index is 388. The topological polar surface area (TPSA) is 51.2 Å². The second-order valence-electron chi connectivity index (χ2n) is 3.53. The number of halogens is 2. The molecule has 1 aromatic rings. The first-order chi connectivity index (χ1) is 7.65. The maximum Gasteiger partial charge on any atom is 0.270 e. The van der Waals surface area contributed by atoms with Crippen LogP contribution in [0.5, 0.6) is 0 Å². The molecule has 0 unspecified atom stereocenters. The highest BCUT2D eigenvalue weighted by Crippen LogP contribution is 2.12. The third-order valence-corrected chi connectivity index (χ3v) is 2.47. The molecule has 2 rings (SSSR count). The summed E-state index contributed by atoms with van der Waals surface area (Å²) in [6.07, 6.45) is 0.759. The van der Waals surface area contributed by atoms with Crippen LogP contribution in [0.25, 0.3) is 0 Å². The lowest BCUT2D eigenvalue weighted by Crippen LogP contribution is -2.35. The first kappa shape index (κ1) is 11.3. The molecule has 0 aromatic carbocycles. The van der Waals surface area contributed by atoms with E-state index < -0.39 is 11.9 Å². The highest BCUT2D eigenvalue weighted by Gasteiger charge is 2.19. The maximum atomic E-state index is 12.9. The molecule has 1 atom stereocenters. The molecule has 6 heteroatoms. The lowest BCUT2D eigenvalue weighted by atomic mass is 10.2. The van der Waals surface area contributed by atoms with E-state index in [2.05, 4.69) is 10.3 Å². The van der Waals surface area contributed by atoms with Crippen LogP contribution in [0.1, 0.15) is 16.9 Å². The molecule has 1 N–H and O–H groups in total. The van der Waals surface area contributed by atoms with E-state index in [-0.39, 0.29) is 16.8 Å². The van der Waals surface area contributed by atoms with Gasteiger partial charge in [0.25, 0.3) is 5.91 Å². The summed E-state index contributed by atoms with van der Waals surface area (Å²) in [6.45, 7) is 1.11. The number of amides is 1. The molecule has 1 saturated heterocycles. The van der Waals surface area contributed by atoms with E-state index >= 15 is 0 Å². The van der Waals surface area contributed by atoms with Crippen LogP contribution in [0.4, 0.5) is 4.39 Å². The fourth-order valence-corrected chi connectivity index (χ4v) is 1.68. The first-order valence-corrected chi connectivity index (χ1v) is 5.24. The van der Waals surface area contributed by atoms with Gasteiger partial charge in [-0.15, -0.1) is 0 Å². The van der Waals surface area contributed by atoms with Gasteiger partial charge in [0.15, 0.2) is 0 Å². The number of aromatic nitrogens is 1. The minimum absolute atomic E-state index is 0.0168. The second-order valence-corrected chi connectivity index (χ2v) is 3.96. The molecule has 1 fully saturated rings. The van der Waals surface area contributed by atoms with E-state index in [1.807, 2.05) is 0 Å². The molecule has 4 nitrogen and oxygen atoms in total. The van der Waals surface area contributed by atoms with Gasteiger partial charge < -0.3 is 10.1 Å². The van der Waals surface area contributed by atoms with Gasteiger partial charge in [-0.05, 0) is 12.5 Å². The van der Waals surface area contributed by atoms with Crippen LogP contribution in [-0.4, -0.2) is 30.1 Å². The van der Waals surface area contributed by atoms with Crippen molar-refractivity contribution in [2.24, 2.45) is 0 Å². The van der Waals surface area contributed by atoms with Crippen molar-refractivity contribution in [3.05, 3.63) is 28.8 Å². The average Bonchev–Trinajstić information content (AvgIpc) is 2.68. The Hall–Kier alpha value is -1.20. The van der Waals surface area contributed by atoms with E-state index in [1.54, 1.807) is 0 Å². The Labute approximate surface area is 96.8 Å². The molecule has 0 aliphatic carbocycles. The zero-order valence-electron chi connectivity index (χ0n) is 8.37. The number of pyridine rings is 1. The number of nitrogens with one attached hydrogen (secondary N) is 1. The van der Waals surface area contributed by atoms with Gasteiger partial charge in [-0.2, -0.15) is 4.39 Å². The van der Waals surface area contributed by atoms with Crippen LogP contribution < -0.4 is 5.32 Å². The third kappa shape index (κ3) is 2.68. The van der Waals surface area contributed by atoms with Crippen LogP contribution in [0.3, 0.4) is 0 Å². The van der Waals surface area contributed by atoms with E-state index in [9.17, 15) is 9.18 Å². The van der Waals surface area contributed by atoms with Gasteiger partial charge in [-0.3, -0.25) is 4.79 Å². The van der Waals surface area contributed by atoms with Gasteiger partial charge in [0.1, 0.15) is 5.69 Å². The van der Waals surface area contributed by atoms with E-state index in [0.29, 0.717) is 13.2 Å². The molecule has 2 heterocycles. The van der Waals surface area contributed by atoms with Crippen molar-refractivity contribution in [3.63, 3.8) is 0 Å². The lowest BCUT2D eigenvalue weighted by molar-refractivity contribution is 0.0923. The van der Waals surface area contributed by atoms with Crippen molar-refractivity contribution in [2.45, 2.75) is 12.5 Å². The normalized spacial score (nSPS) is 19.8. The Kier molecular flexibility index (Phi) is 3.36. The SMILES string of the molecule is O=C(N[C@H]1CCOC1)c1cc(Cl)cc(F)n1. The van der Waals surface area contributed by atoms with Crippen molar-refractivity contribution in [2.75, 3.05) is 13.2 Å². The summed E-state index contributed by atoms with van der Waals surface area (Å²) in [7, 11) is 0. The van der Waals surface area contributed by atoms with Gasteiger partial charge in [-0.25, -0.2) is 4.98 Å². The summed E-state index contributed by atoms with van der Waals surface area (Å²) < 4.78 is 18.0. The highest BCUT2D eigenvalue weighted by atomic mass is 35.5. The van der Waals surface area contributed by atoms with Crippen molar-refractivity contribution in [1.82, 2.24) is 10.3 Å². The van der Waals surface area contributed by atoms with Crippen LogP contribution in [-0.2, 0) is 4.74 Å². The minimum Gasteiger partial charge on any atom is -0.379 e. The first-order valence-electron chi connectivity index (χ1n) is 4.87. The van der Waals surface area contributed by atoms with Gasteiger partial charge in [-0.1, -0.05) is 11.6 Å². The van der Waals surface area contributed by atoms with E-state index in [0.717, 1.165) is 12.5 Å². The smallest absolute Gasteiger partial charge is 0.270 e. The predicted molar refractivity (Wildman–Crippen MR) is 55.9 cm³/mol. The van der Waals surface area contributed by atoms with Crippen LogP contribution in [0.15, 0.2) is 12.1 Å². The molecule has 0 radical (unpaired) electrons. The third-order valence-electron chi connectivity index (χ3n) is 2.26. The maximum absolute atomic E-state index is 12.9. The average molecular weight is 245 g/mol. The van der Waals surface area contributed by atoms with Gasteiger partial charge in [0.05, 0.1) is 12.6 Å². The van der Waals surface area contributed by atoms with Crippen molar-refractivity contribution in [1.29, 1.82) is 0 Å². The number of rotatable bonds is 2. The molecule has 1 aromatic heterocycles. The van der Waals surface area contributed by atoms with E-state index in [4.69, 9.17) is 16.3 Å². The number of hydrogen-bond acceptors (Lipinski definition) is 3. The summed E-state index contributed by atoms with van der Waals surface area (Å²) in [6, 6.07) is 2.35. The Balaban J connectivity index is 2.07. The Morgan fingerprint density at radius 1 is 1.62 bits per heavy atom. The summed E-state index contributed by atoms with van der Waals surface area (Å²) in [5.74, 6) is -1.20. The standard InChI is InChI=1S/C10H10ClFN2O2/c11-6-3-8(14-9(12)4-6)10(15)13-7-1-2-16-5-7/h3-4,7H,1-2,5H2,(H,13,15)/t7-/m0/s1. The highest BCUT2D eigenvalue weighted by molar-refractivity contribution is 6.30. The molecule has 1 aliphatic heterocycles. The zero-order valence-corrected chi connectivity index (χ0v) is 9.13. The Morgan fingerprint density at radius 3 is 3.06 bits per heavy atom. The van der Waals surface area contributed by atoms with Crippen molar-refractivity contribution in [3.8, 4) is 0 Å². The fraction of sp³-hybridized carbons (Fsp3) is 0.400. The molecule has 1 amide bonds. The molecule has 86 valence electrons. The van der Waals surface area contributed by atoms with Crippen LogP contribution in [0, 0.1) is 5.95 Å². The Morgan fingerprint density at radius 2 is 2.44 bits per heavy atom. The summed E-state index contributed by atoms with van der Waals surface area (Å²) in [5.41, 5.74) is -0.0168. The molecule has 0 spiro atoms. The van der Waals surface area contributed by atoms with Gasteiger partial charge in [0.2, 0.25) is 5.95 Å². The molecular weight excluding hydrogens is 235 g/mol. The lowest BCUT2D eigenvalue weighted by Gasteiger charge is -2.09. The number of carbonyl (C=O) groups is 1. The van der Waals surface area contributed by atoms with Crippen LogP contribution in [0.2, 0.25) is 5.02 Å². The molecular formula is C10H10ClFN2O2. The van der Waals surface area contributed by atoms with Gasteiger partial charge in [0, 0.05) is 17.7 Å². The minimum atomic E-state index is -0.764. The van der Waals surface area contributed by atoms with E-state index in [1.165, 1.54) is 6.07 Å². The van der Waals surface area contributed by atoms with Crippen molar-refractivity contribution < 1.29 is 13.9 Å². The molecule has 16 heavy (non-hydrogen) atoms. The second kappa shape index (κ2) is 4.76. The molecule has 0 bridgehead atoms. The largest absolute Gasteiger partial charge is 0.379 e. The molecule has 0 saturated carbocycles. The van der Waals surface area contributed by atoms with Crippen LogP contribution >= 0.6 is 11.6 Å². The quantitative estimate of drug-likeness (QED) is 0.800. The van der Waals surface area contributed by atoms with Gasteiger partial charge >= 0.3 is 0 Å². The monoisotopic (exact) mass is 244 g/mol. The number of nitrogens with zero attached hydrogens (tertiary/aromatic N) is 1. The molecule has 1 aliphatic rings. The van der Waals surface area contributed by atoms with Crippen molar-refractivity contribution >= 4 is 17.5 Å². The number of carbonyl (C=O) groups excluding carboxylic acids is 1. The summed E-state index contributed by atoms with van der Waals surface area (Å²) in [5, 5.41) is 2.85.